The lowest BCUT2D eigenvalue weighted by Crippen LogP contribution is -2.47. The van der Waals surface area contributed by atoms with Crippen molar-refractivity contribution in [3.63, 3.8) is 0 Å². The maximum absolute atomic E-state index is 11.8. The molecule has 2 unspecified atom stereocenters. The van der Waals surface area contributed by atoms with Gasteiger partial charge >= 0.3 is 6.03 Å². The Kier molecular flexibility index (Phi) is 3.07. The Morgan fingerprint density at radius 2 is 1.64 bits per heavy atom. The number of nitrogens with one attached hydrogen (secondary N) is 1. The minimum atomic E-state index is -0.133. The SMILES string of the molecule is CC1CN(C(=O)NC(C)(C)C)CC1C. The van der Waals surface area contributed by atoms with Crippen molar-refractivity contribution in [1.29, 1.82) is 0 Å². The molecular formula is C11H22N2O. The number of nitrogens with zero attached hydrogens (tertiary/aromatic N) is 1. The van der Waals surface area contributed by atoms with E-state index < -0.39 is 0 Å². The van der Waals surface area contributed by atoms with E-state index in [4.69, 9.17) is 0 Å². The molecule has 0 aliphatic carbocycles. The molecule has 2 atom stereocenters. The van der Waals surface area contributed by atoms with Crippen molar-refractivity contribution in [3.8, 4) is 0 Å². The Bertz CT molecular complexity index is 210. The number of likely N-dealkylation sites (tertiary alicyclic amines) is 1. The van der Waals surface area contributed by atoms with Gasteiger partial charge in [0.2, 0.25) is 0 Å². The average Bonchev–Trinajstić information content (AvgIpc) is 2.28. The summed E-state index contributed by atoms with van der Waals surface area (Å²) in [5.41, 5.74) is -0.133. The first-order valence-electron chi connectivity index (χ1n) is 5.36. The number of rotatable bonds is 0. The van der Waals surface area contributed by atoms with Gasteiger partial charge in [-0.1, -0.05) is 13.8 Å². The van der Waals surface area contributed by atoms with E-state index in [1.165, 1.54) is 0 Å². The van der Waals surface area contributed by atoms with Gasteiger partial charge in [-0.3, -0.25) is 0 Å². The van der Waals surface area contributed by atoms with Crippen LogP contribution in [-0.2, 0) is 0 Å². The second-order valence-electron chi connectivity index (χ2n) is 5.54. The molecule has 1 aliphatic rings. The molecule has 0 radical (unpaired) electrons. The van der Waals surface area contributed by atoms with Crippen LogP contribution in [0.1, 0.15) is 34.6 Å². The number of hydrogen-bond acceptors (Lipinski definition) is 1. The molecule has 2 amide bonds. The first-order valence-corrected chi connectivity index (χ1v) is 5.36. The maximum Gasteiger partial charge on any atom is 0.317 e. The van der Waals surface area contributed by atoms with Crippen LogP contribution in [0.5, 0.6) is 0 Å². The Hall–Kier alpha value is -0.730. The van der Waals surface area contributed by atoms with Crippen molar-refractivity contribution in [2.45, 2.75) is 40.2 Å². The molecular weight excluding hydrogens is 176 g/mol. The van der Waals surface area contributed by atoms with Crippen molar-refractivity contribution < 1.29 is 4.79 Å². The van der Waals surface area contributed by atoms with E-state index in [2.05, 4.69) is 19.2 Å². The minimum Gasteiger partial charge on any atom is -0.333 e. The normalized spacial score (nSPS) is 27.9. The molecule has 1 saturated heterocycles. The molecule has 1 aliphatic heterocycles. The number of amides is 2. The van der Waals surface area contributed by atoms with Crippen LogP contribution in [-0.4, -0.2) is 29.6 Å². The van der Waals surface area contributed by atoms with Crippen LogP contribution in [0.4, 0.5) is 4.79 Å². The van der Waals surface area contributed by atoms with E-state index in [9.17, 15) is 4.79 Å². The highest BCUT2D eigenvalue weighted by molar-refractivity contribution is 5.75. The second-order valence-corrected chi connectivity index (χ2v) is 5.54. The Labute approximate surface area is 86.9 Å². The van der Waals surface area contributed by atoms with Gasteiger partial charge in [0, 0.05) is 18.6 Å². The summed E-state index contributed by atoms with van der Waals surface area (Å²) in [6.45, 7) is 12.2. The van der Waals surface area contributed by atoms with Crippen LogP contribution >= 0.6 is 0 Å². The van der Waals surface area contributed by atoms with Crippen LogP contribution in [0.25, 0.3) is 0 Å². The van der Waals surface area contributed by atoms with E-state index in [1.807, 2.05) is 25.7 Å². The largest absolute Gasteiger partial charge is 0.333 e. The summed E-state index contributed by atoms with van der Waals surface area (Å²) in [5, 5.41) is 2.99. The molecule has 0 spiro atoms. The summed E-state index contributed by atoms with van der Waals surface area (Å²) < 4.78 is 0. The van der Waals surface area contributed by atoms with Crippen LogP contribution in [0.3, 0.4) is 0 Å². The Morgan fingerprint density at radius 3 is 2.00 bits per heavy atom. The van der Waals surface area contributed by atoms with Crippen LogP contribution in [0.2, 0.25) is 0 Å². The molecule has 1 heterocycles. The van der Waals surface area contributed by atoms with Crippen LogP contribution < -0.4 is 5.32 Å². The van der Waals surface area contributed by atoms with Gasteiger partial charge in [0.15, 0.2) is 0 Å². The fourth-order valence-corrected chi connectivity index (χ4v) is 1.70. The average molecular weight is 198 g/mol. The molecule has 3 heteroatoms. The zero-order valence-corrected chi connectivity index (χ0v) is 9.92. The molecule has 0 aromatic rings. The fourth-order valence-electron chi connectivity index (χ4n) is 1.70. The topological polar surface area (TPSA) is 32.3 Å². The zero-order chi connectivity index (χ0) is 10.9. The molecule has 0 bridgehead atoms. The van der Waals surface area contributed by atoms with E-state index in [-0.39, 0.29) is 11.6 Å². The smallest absolute Gasteiger partial charge is 0.317 e. The lowest BCUT2D eigenvalue weighted by molar-refractivity contribution is 0.197. The van der Waals surface area contributed by atoms with E-state index in [0.29, 0.717) is 11.8 Å². The van der Waals surface area contributed by atoms with Gasteiger partial charge in [0.05, 0.1) is 0 Å². The van der Waals surface area contributed by atoms with Gasteiger partial charge < -0.3 is 10.2 Å². The lowest BCUT2D eigenvalue weighted by Gasteiger charge is -2.25. The molecule has 3 nitrogen and oxygen atoms in total. The van der Waals surface area contributed by atoms with Gasteiger partial charge in [-0.15, -0.1) is 0 Å². The highest BCUT2D eigenvalue weighted by atomic mass is 16.2. The number of carbonyl (C=O) groups is 1. The minimum absolute atomic E-state index is 0.0775. The first-order chi connectivity index (χ1) is 6.29. The predicted octanol–water partition coefficient (Wildman–Crippen LogP) is 2.08. The third kappa shape index (κ3) is 2.89. The fraction of sp³-hybridized carbons (Fsp3) is 0.909. The summed E-state index contributed by atoms with van der Waals surface area (Å²) >= 11 is 0. The van der Waals surface area contributed by atoms with E-state index in [1.54, 1.807) is 0 Å². The number of urea groups is 1. The van der Waals surface area contributed by atoms with Gasteiger partial charge in [0.1, 0.15) is 0 Å². The second kappa shape index (κ2) is 3.79. The van der Waals surface area contributed by atoms with Crippen molar-refractivity contribution in [3.05, 3.63) is 0 Å². The van der Waals surface area contributed by atoms with Gasteiger partial charge in [-0.05, 0) is 32.6 Å². The third-order valence-electron chi connectivity index (χ3n) is 2.76. The Morgan fingerprint density at radius 1 is 1.21 bits per heavy atom. The number of carbonyl (C=O) groups excluding carboxylic acids is 1. The summed E-state index contributed by atoms with van der Waals surface area (Å²) in [4.78, 5) is 13.7. The molecule has 1 fully saturated rings. The van der Waals surface area contributed by atoms with E-state index in [0.717, 1.165) is 13.1 Å². The summed E-state index contributed by atoms with van der Waals surface area (Å²) in [6, 6.07) is 0.0775. The quantitative estimate of drug-likeness (QED) is 0.635. The maximum atomic E-state index is 11.8. The zero-order valence-electron chi connectivity index (χ0n) is 9.92. The summed E-state index contributed by atoms with van der Waals surface area (Å²) in [6.07, 6.45) is 0. The standard InChI is InChI=1S/C11H22N2O/c1-8-6-13(7-9(8)2)10(14)12-11(3,4)5/h8-9H,6-7H2,1-5H3,(H,12,14). The summed E-state index contributed by atoms with van der Waals surface area (Å²) in [5.74, 6) is 1.25. The summed E-state index contributed by atoms with van der Waals surface area (Å²) in [7, 11) is 0. The van der Waals surface area contributed by atoms with Crippen molar-refractivity contribution >= 4 is 6.03 Å². The molecule has 1 N–H and O–H groups in total. The van der Waals surface area contributed by atoms with Crippen molar-refractivity contribution in [1.82, 2.24) is 10.2 Å². The van der Waals surface area contributed by atoms with Gasteiger partial charge in [-0.25, -0.2) is 4.79 Å². The predicted molar refractivity (Wildman–Crippen MR) is 58.2 cm³/mol. The molecule has 0 aromatic carbocycles. The molecule has 1 rings (SSSR count). The van der Waals surface area contributed by atoms with Gasteiger partial charge in [-0.2, -0.15) is 0 Å². The molecule has 0 saturated carbocycles. The molecule has 0 aromatic heterocycles. The van der Waals surface area contributed by atoms with E-state index >= 15 is 0 Å². The highest BCUT2D eigenvalue weighted by Gasteiger charge is 2.30. The molecule has 82 valence electrons. The monoisotopic (exact) mass is 198 g/mol. The third-order valence-corrected chi connectivity index (χ3v) is 2.76. The van der Waals surface area contributed by atoms with Crippen molar-refractivity contribution in [2.75, 3.05) is 13.1 Å². The van der Waals surface area contributed by atoms with Crippen molar-refractivity contribution in [2.24, 2.45) is 11.8 Å². The molecule has 14 heavy (non-hydrogen) atoms. The van der Waals surface area contributed by atoms with Crippen LogP contribution in [0, 0.1) is 11.8 Å². The Balaban J connectivity index is 2.48. The number of hydrogen-bond donors (Lipinski definition) is 1. The first kappa shape index (κ1) is 11.3. The highest BCUT2D eigenvalue weighted by Crippen LogP contribution is 2.22. The lowest BCUT2D eigenvalue weighted by atomic mass is 10.0. The van der Waals surface area contributed by atoms with Gasteiger partial charge in [0.25, 0.3) is 0 Å². The van der Waals surface area contributed by atoms with Crippen LogP contribution in [0.15, 0.2) is 0 Å².